The molecular weight excluding hydrogens is 322 g/mol. The predicted octanol–water partition coefficient (Wildman–Crippen LogP) is 1.69. The van der Waals surface area contributed by atoms with E-state index in [0.29, 0.717) is 0 Å². The van der Waals surface area contributed by atoms with Gasteiger partial charge in [-0.3, -0.25) is 9.69 Å². The molecule has 1 aromatic carbocycles. The first kappa shape index (κ1) is 15.3. The number of amides is 1. The summed E-state index contributed by atoms with van der Waals surface area (Å²) in [7, 11) is 1.61. The van der Waals surface area contributed by atoms with E-state index >= 15 is 0 Å². The van der Waals surface area contributed by atoms with Crippen LogP contribution in [0.4, 0.5) is 5.69 Å². The number of nitrogens with zero attached hydrogens (tertiary/aromatic N) is 1. The zero-order valence-corrected chi connectivity index (χ0v) is 13.4. The Balaban J connectivity index is 2.03. The minimum absolute atomic E-state index is 0.000790. The Hall–Kier alpha value is -1.11. The van der Waals surface area contributed by atoms with E-state index in [4.69, 9.17) is 4.74 Å². The van der Waals surface area contributed by atoms with Gasteiger partial charge in [-0.25, -0.2) is 0 Å². The van der Waals surface area contributed by atoms with E-state index in [1.807, 2.05) is 25.1 Å². The first-order chi connectivity index (χ1) is 9.61. The van der Waals surface area contributed by atoms with Crippen molar-refractivity contribution in [1.82, 2.24) is 10.2 Å². The maximum absolute atomic E-state index is 12.3. The highest BCUT2D eigenvalue weighted by Gasteiger charge is 2.23. The Labute approximate surface area is 127 Å². The summed E-state index contributed by atoms with van der Waals surface area (Å²) in [5.74, 6) is 0.721. The number of ether oxygens (including phenoxy) is 1. The second kappa shape index (κ2) is 7.06. The zero-order chi connectivity index (χ0) is 14.5. The van der Waals surface area contributed by atoms with Crippen LogP contribution in [0.5, 0.6) is 5.75 Å². The summed E-state index contributed by atoms with van der Waals surface area (Å²) >= 11 is 3.44. The maximum Gasteiger partial charge on any atom is 0.241 e. The Bertz CT molecular complexity index is 475. The van der Waals surface area contributed by atoms with Crippen LogP contribution in [0, 0.1) is 0 Å². The van der Waals surface area contributed by atoms with Gasteiger partial charge in [-0.1, -0.05) is 0 Å². The number of nitrogens with one attached hydrogen (secondary N) is 2. The van der Waals surface area contributed by atoms with Gasteiger partial charge in [-0.15, -0.1) is 0 Å². The number of anilines is 1. The lowest BCUT2D eigenvalue weighted by Gasteiger charge is -2.31. The number of piperazine rings is 1. The van der Waals surface area contributed by atoms with Crippen molar-refractivity contribution in [3.8, 4) is 5.75 Å². The summed E-state index contributed by atoms with van der Waals surface area (Å²) in [5.41, 5.74) is 0.733. The van der Waals surface area contributed by atoms with Crippen molar-refractivity contribution in [2.24, 2.45) is 0 Å². The summed E-state index contributed by atoms with van der Waals surface area (Å²) in [6, 6.07) is 5.38. The molecular formula is C14H20BrN3O2. The lowest BCUT2D eigenvalue weighted by atomic mass is 10.2. The molecule has 1 heterocycles. The van der Waals surface area contributed by atoms with E-state index < -0.39 is 0 Å². The molecule has 0 saturated carbocycles. The lowest BCUT2D eigenvalue weighted by molar-refractivity contribution is -0.120. The van der Waals surface area contributed by atoms with E-state index in [1.54, 1.807) is 7.11 Å². The molecule has 5 nitrogen and oxygen atoms in total. The number of methoxy groups -OCH3 is 1. The van der Waals surface area contributed by atoms with E-state index in [9.17, 15) is 4.79 Å². The molecule has 0 aliphatic carbocycles. The van der Waals surface area contributed by atoms with Crippen LogP contribution in [0.3, 0.4) is 0 Å². The molecule has 1 saturated heterocycles. The molecule has 1 amide bonds. The van der Waals surface area contributed by atoms with Gasteiger partial charge in [-0.05, 0) is 35.0 Å². The van der Waals surface area contributed by atoms with Crippen molar-refractivity contribution in [1.29, 1.82) is 0 Å². The average Bonchev–Trinajstić information content (AvgIpc) is 2.49. The fourth-order valence-electron chi connectivity index (χ4n) is 2.20. The average molecular weight is 342 g/mol. The molecule has 20 heavy (non-hydrogen) atoms. The number of rotatable bonds is 4. The van der Waals surface area contributed by atoms with Gasteiger partial charge < -0.3 is 15.4 Å². The number of hydrogen-bond donors (Lipinski definition) is 2. The number of carbonyl (C=O) groups excluding carboxylic acids is 1. The minimum atomic E-state index is -0.143. The predicted molar refractivity (Wildman–Crippen MR) is 83.2 cm³/mol. The highest BCUT2D eigenvalue weighted by Crippen LogP contribution is 2.27. The third-order valence-corrected chi connectivity index (χ3v) is 4.20. The molecule has 1 aromatic rings. The highest BCUT2D eigenvalue weighted by atomic mass is 79.9. The molecule has 0 bridgehead atoms. The molecule has 2 rings (SSSR count). The smallest absolute Gasteiger partial charge is 0.241 e. The van der Waals surface area contributed by atoms with Crippen molar-refractivity contribution in [3.05, 3.63) is 22.7 Å². The summed E-state index contributed by atoms with van der Waals surface area (Å²) in [4.78, 5) is 14.5. The molecule has 1 aliphatic heterocycles. The van der Waals surface area contributed by atoms with Crippen molar-refractivity contribution in [2.45, 2.75) is 13.0 Å². The molecule has 1 aliphatic rings. The van der Waals surface area contributed by atoms with Crippen LogP contribution >= 0.6 is 15.9 Å². The van der Waals surface area contributed by atoms with Crippen LogP contribution in [0.2, 0.25) is 0 Å². The van der Waals surface area contributed by atoms with Crippen molar-refractivity contribution in [2.75, 3.05) is 38.6 Å². The monoisotopic (exact) mass is 341 g/mol. The normalized spacial score (nSPS) is 17.6. The summed E-state index contributed by atoms with van der Waals surface area (Å²) in [6.45, 7) is 5.59. The summed E-state index contributed by atoms with van der Waals surface area (Å²) < 4.78 is 6.02. The van der Waals surface area contributed by atoms with Crippen LogP contribution in [0.15, 0.2) is 22.7 Å². The standard InChI is InChI=1S/C14H20BrN3O2/c1-10(18-7-5-16-6-8-18)14(19)17-13-9-11(20-2)3-4-12(13)15/h3-4,9-10,16H,5-8H2,1-2H3,(H,17,19). The van der Waals surface area contributed by atoms with Crippen LogP contribution in [0.1, 0.15) is 6.92 Å². The van der Waals surface area contributed by atoms with Gasteiger partial charge in [0, 0.05) is 36.7 Å². The van der Waals surface area contributed by atoms with E-state index in [0.717, 1.165) is 42.1 Å². The van der Waals surface area contributed by atoms with Crippen LogP contribution in [-0.4, -0.2) is 50.1 Å². The fourth-order valence-corrected chi connectivity index (χ4v) is 2.55. The minimum Gasteiger partial charge on any atom is -0.497 e. The second-order valence-corrected chi connectivity index (χ2v) is 5.65. The largest absolute Gasteiger partial charge is 0.497 e. The van der Waals surface area contributed by atoms with E-state index in [1.165, 1.54) is 0 Å². The molecule has 110 valence electrons. The summed E-state index contributed by atoms with van der Waals surface area (Å²) in [5, 5.41) is 6.24. The molecule has 6 heteroatoms. The quantitative estimate of drug-likeness (QED) is 0.875. The Morgan fingerprint density at radius 2 is 2.15 bits per heavy atom. The molecule has 1 unspecified atom stereocenters. The molecule has 0 aromatic heterocycles. The number of hydrogen-bond acceptors (Lipinski definition) is 4. The lowest BCUT2D eigenvalue weighted by Crippen LogP contribution is -2.51. The topological polar surface area (TPSA) is 53.6 Å². The number of benzene rings is 1. The van der Waals surface area contributed by atoms with Crippen molar-refractivity contribution >= 4 is 27.5 Å². The maximum atomic E-state index is 12.3. The van der Waals surface area contributed by atoms with E-state index in [2.05, 4.69) is 31.5 Å². The van der Waals surface area contributed by atoms with Gasteiger partial charge in [0.25, 0.3) is 0 Å². The van der Waals surface area contributed by atoms with Gasteiger partial charge in [0.05, 0.1) is 18.8 Å². The summed E-state index contributed by atoms with van der Waals surface area (Å²) in [6.07, 6.45) is 0. The van der Waals surface area contributed by atoms with Gasteiger partial charge in [-0.2, -0.15) is 0 Å². The molecule has 1 atom stereocenters. The van der Waals surface area contributed by atoms with Gasteiger partial charge in [0.2, 0.25) is 5.91 Å². The number of carbonyl (C=O) groups is 1. The van der Waals surface area contributed by atoms with Crippen molar-refractivity contribution < 1.29 is 9.53 Å². The molecule has 0 radical (unpaired) electrons. The van der Waals surface area contributed by atoms with Crippen LogP contribution < -0.4 is 15.4 Å². The second-order valence-electron chi connectivity index (χ2n) is 4.80. The Morgan fingerprint density at radius 3 is 2.80 bits per heavy atom. The Kier molecular flexibility index (Phi) is 5.39. The molecule has 2 N–H and O–H groups in total. The Morgan fingerprint density at radius 1 is 1.45 bits per heavy atom. The van der Waals surface area contributed by atoms with Crippen LogP contribution in [-0.2, 0) is 4.79 Å². The number of halogens is 1. The highest BCUT2D eigenvalue weighted by molar-refractivity contribution is 9.10. The van der Waals surface area contributed by atoms with Crippen LogP contribution in [0.25, 0.3) is 0 Å². The van der Waals surface area contributed by atoms with Gasteiger partial charge >= 0.3 is 0 Å². The SMILES string of the molecule is COc1ccc(Br)c(NC(=O)C(C)N2CCNCC2)c1. The van der Waals surface area contributed by atoms with Gasteiger partial charge in [0.1, 0.15) is 5.75 Å². The third kappa shape index (κ3) is 3.71. The first-order valence-electron chi connectivity index (χ1n) is 6.71. The fraction of sp³-hybridized carbons (Fsp3) is 0.500. The first-order valence-corrected chi connectivity index (χ1v) is 7.50. The third-order valence-electron chi connectivity index (χ3n) is 3.51. The van der Waals surface area contributed by atoms with E-state index in [-0.39, 0.29) is 11.9 Å². The van der Waals surface area contributed by atoms with Crippen molar-refractivity contribution in [3.63, 3.8) is 0 Å². The molecule has 1 fully saturated rings. The van der Waals surface area contributed by atoms with Gasteiger partial charge in [0.15, 0.2) is 0 Å². The molecule has 0 spiro atoms. The zero-order valence-electron chi connectivity index (χ0n) is 11.8.